The van der Waals surface area contributed by atoms with Crippen LogP contribution in [0.25, 0.3) is 0 Å². The Bertz CT molecular complexity index is 685. The maximum absolute atomic E-state index is 5.83. The molecule has 23 heavy (non-hydrogen) atoms. The minimum absolute atomic E-state index is 0.222. The van der Waals surface area contributed by atoms with Crippen molar-refractivity contribution >= 4 is 0 Å². The van der Waals surface area contributed by atoms with Crippen LogP contribution in [0.15, 0.2) is 22.7 Å². The van der Waals surface area contributed by atoms with Gasteiger partial charge in [0, 0.05) is 18.5 Å². The van der Waals surface area contributed by atoms with E-state index in [2.05, 4.69) is 21.1 Å². The third-order valence-corrected chi connectivity index (χ3v) is 4.47. The van der Waals surface area contributed by atoms with Crippen LogP contribution in [0, 0.1) is 0 Å². The van der Waals surface area contributed by atoms with E-state index in [-0.39, 0.29) is 6.04 Å². The lowest BCUT2D eigenvalue weighted by molar-refractivity contribution is 0.165. The summed E-state index contributed by atoms with van der Waals surface area (Å²) >= 11 is 0. The van der Waals surface area contributed by atoms with Gasteiger partial charge in [-0.1, -0.05) is 24.2 Å². The third kappa shape index (κ3) is 2.79. The van der Waals surface area contributed by atoms with Crippen molar-refractivity contribution in [3.63, 3.8) is 0 Å². The molecule has 0 radical (unpaired) electrons. The maximum Gasteiger partial charge on any atom is 0.226 e. The SMILES string of the molecule is CCc1nc([C@H]2CCCN2Cc2cccc3c2OCCO3)no1. The molecular weight excluding hydrogens is 294 g/mol. The summed E-state index contributed by atoms with van der Waals surface area (Å²) in [4.78, 5) is 6.92. The zero-order valence-corrected chi connectivity index (χ0v) is 13.3. The van der Waals surface area contributed by atoms with Crippen molar-refractivity contribution in [3.8, 4) is 11.5 Å². The van der Waals surface area contributed by atoms with Crippen LogP contribution in [0.3, 0.4) is 0 Å². The average molecular weight is 315 g/mol. The third-order valence-electron chi connectivity index (χ3n) is 4.47. The number of benzene rings is 1. The van der Waals surface area contributed by atoms with Crippen molar-refractivity contribution < 1.29 is 14.0 Å². The van der Waals surface area contributed by atoms with Gasteiger partial charge in [-0.2, -0.15) is 4.98 Å². The van der Waals surface area contributed by atoms with Gasteiger partial charge in [0.2, 0.25) is 5.89 Å². The van der Waals surface area contributed by atoms with Gasteiger partial charge in [-0.05, 0) is 25.5 Å². The molecule has 122 valence electrons. The van der Waals surface area contributed by atoms with Gasteiger partial charge in [-0.15, -0.1) is 0 Å². The highest BCUT2D eigenvalue weighted by Crippen LogP contribution is 2.37. The van der Waals surface area contributed by atoms with Gasteiger partial charge in [0.15, 0.2) is 17.3 Å². The van der Waals surface area contributed by atoms with Gasteiger partial charge in [-0.3, -0.25) is 4.90 Å². The summed E-state index contributed by atoms with van der Waals surface area (Å²) in [6.45, 7) is 5.10. The number of aromatic nitrogens is 2. The lowest BCUT2D eigenvalue weighted by Gasteiger charge is -2.25. The molecule has 0 saturated carbocycles. The molecule has 6 nitrogen and oxygen atoms in total. The van der Waals surface area contributed by atoms with E-state index in [0.717, 1.165) is 55.2 Å². The van der Waals surface area contributed by atoms with E-state index in [9.17, 15) is 0 Å². The predicted molar refractivity (Wildman–Crippen MR) is 83.5 cm³/mol. The van der Waals surface area contributed by atoms with Crippen LogP contribution in [-0.4, -0.2) is 34.8 Å². The van der Waals surface area contributed by atoms with Gasteiger partial charge >= 0.3 is 0 Å². The number of hydrogen-bond acceptors (Lipinski definition) is 6. The lowest BCUT2D eigenvalue weighted by Crippen LogP contribution is -2.25. The molecule has 1 fully saturated rings. The molecule has 1 aromatic heterocycles. The summed E-state index contributed by atoms with van der Waals surface area (Å²) in [7, 11) is 0. The summed E-state index contributed by atoms with van der Waals surface area (Å²) in [6.07, 6.45) is 2.99. The Labute approximate surface area is 135 Å². The Morgan fingerprint density at radius 3 is 3.04 bits per heavy atom. The van der Waals surface area contributed by atoms with Crippen molar-refractivity contribution in [2.24, 2.45) is 0 Å². The first-order valence-corrected chi connectivity index (χ1v) is 8.29. The topological polar surface area (TPSA) is 60.6 Å². The minimum atomic E-state index is 0.222. The quantitative estimate of drug-likeness (QED) is 0.864. The molecule has 0 spiro atoms. The van der Waals surface area contributed by atoms with E-state index in [1.165, 1.54) is 0 Å². The second kappa shape index (κ2) is 6.20. The van der Waals surface area contributed by atoms with Crippen molar-refractivity contribution in [1.29, 1.82) is 0 Å². The Morgan fingerprint density at radius 2 is 2.17 bits per heavy atom. The molecule has 1 saturated heterocycles. The number of hydrogen-bond donors (Lipinski definition) is 0. The molecule has 0 amide bonds. The van der Waals surface area contributed by atoms with Crippen molar-refractivity contribution in [3.05, 3.63) is 35.5 Å². The molecule has 6 heteroatoms. The van der Waals surface area contributed by atoms with E-state index >= 15 is 0 Å². The number of likely N-dealkylation sites (tertiary alicyclic amines) is 1. The highest BCUT2D eigenvalue weighted by molar-refractivity contribution is 5.47. The summed E-state index contributed by atoms with van der Waals surface area (Å²) in [5.74, 6) is 3.24. The smallest absolute Gasteiger partial charge is 0.226 e. The van der Waals surface area contributed by atoms with E-state index in [4.69, 9.17) is 14.0 Å². The number of ether oxygens (including phenoxy) is 2. The van der Waals surface area contributed by atoms with Gasteiger partial charge < -0.3 is 14.0 Å². The fourth-order valence-electron chi connectivity index (χ4n) is 3.33. The normalized spacial score (nSPS) is 20.8. The fraction of sp³-hybridized carbons (Fsp3) is 0.529. The standard InChI is InChI=1S/C17H21N3O3/c1-2-15-18-17(19-23-15)13-6-4-8-20(13)11-12-5-3-7-14-16(12)22-10-9-21-14/h3,5,7,13H,2,4,6,8-11H2,1H3/t13-/m1/s1. The van der Waals surface area contributed by atoms with Gasteiger partial charge in [0.05, 0.1) is 6.04 Å². The first-order chi connectivity index (χ1) is 11.3. The molecule has 0 unspecified atom stereocenters. The first kappa shape index (κ1) is 14.5. The van der Waals surface area contributed by atoms with Crippen LogP contribution < -0.4 is 9.47 Å². The van der Waals surface area contributed by atoms with Crippen LogP contribution in [0.5, 0.6) is 11.5 Å². The number of nitrogens with zero attached hydrogens (tertiary/aromatic N) is 3. The molecule has 0 N–H and O–H groups in total. The number of rotatable bonds is 4. The van der Waals surface area contributed by atoms with E-state index in [1.54, 1.807) is 0 Å². The van der Waals surface area contributed by atoms with Crippen LogP contribution in [0.2, 0.25) is 0 Å². The molecule has 3 heterocycles. The summed E-state index contributed by atoms with van der Waals surface area (Å²) in [5.41, 5.74) is 1.16. The largest absolute Gasteiger partial charge is 0.486 e. The number of para-hydroxylation sites is 1. The molecule has 0 aliphatic carbocycles. The Hall–Kier alpha value is -2.08. The molecule has 1 aromatic carbocycles. The van der Waals surface area contributed by atoms with Crippen LogP contribution in [0.4, 0.5) is 0 Å². The monoisotopic (exact) mass is 315 g/mol. The second-order valence-corrected chi connectivity index (χ2v) is 5.97. The molecule has 2 aliphatic rings. The Kier molecular flexibility index (Phi) is 3.91. The van der Waals surface area contributed by atoms with E-state index < -0.39 is 0 Å². The highest BCUT2D eigenvalue weighted by Gasteiger charge is 2.31. The molecule has 2 aliphatic heterocycles. The summed E-state index contributed by atoms with van der Waals surface area (Å²) < 4.78 is 16.8. The molecular formula is C17H21N3O3. The summed E-state index contributed by atoms with van der Waals surface area (Å²) in [6, 6.07) is 6.32. The fourth-order valence-corrected chi connectivity index (χ4v) is 3.33. The Morgan fingerprint density at radius 1 is 1.26 bits per heavy atom. The van der Waals surface area contributed by atoms with Crippen LogP contribution >= 0.6 is 0 Å². The predicted octanol–water partition coefficient (Wildman–Crippen LogP) is 2.74. The molecule has 2 aromatic rings. The van der Waals surface area contributed by atoms with E-state index in [1.807, 2.05) is 19.1 Å². The zero-order valence-electron chi connectivity index (χ0n) is 13.3. The van der Waals surface area contributed by atoms with Crippen molar-refractivity contribution in [2.75, 3.05) is 19.8 Å². The van der Waals surface area contributed by atoms with Crippen LogP contribution in [0.1, 0.15) is 43.1 Å². The molecule has 0 bridgehead atoms. The summed E-state index contributed by atoms with van der Waals surface area (Å²) in [5, 5.41) is 4.16. The van der Waals surface area contributed by atoms with Gasteiger partial charge in [-0.25, -0.2) is 0 Å². The van der Waals surface area contributed by atoms with Gasteiger partial charge in [0.25, 0.3) is 0 Å². The second-order valence-electron chi connectivity index (χ2n) is 5.97. The van der Waals surface area contributed by atoms with E-state index in [0.29, 0.717) is 19.1 Å². The highest BCUT2D eigenvalue weighted by atomic mass is 16.6. The minimum Gasteiger partial charge on any atom is -0.486 e. The van der Waals surface area contributed by atoms with Crippen molar-refractivity contribution in [1.82, 2.24) is 15.0 Å². The first-order valence-electron chi connectivity index (χ1n) is 8.29. The van der Waals surface area contributed by atoms with Crippen LogP contribution in [-0.2, 0) is 13.0 Å². The average Bonchev–Trinajstić information content (AvgIpc) is 3.24. The van der Waals surface area contributed by atoms with Gasteiger partial charge in [0.1, 0.15) is 13.2 Å². The molecule has 1 atom stereocenters. The number of aryl methyl sites for hydroxylation is 1. The Balaban J connectivity index is 1.56. The lowest BCUT2D eigenvalue weighted by atomic mass is 10.1. The number of fused-ring (bicyclic) bond motifs is 1. The maximum atomic E-state index is 5.83. The van der Waals surface area contributed by atoms with Crippen molar-refractivity contribution in [2.45, 2.75) is 38.8 Å². The zero-order chi connectivity index (χ0) is 15.6. The molecule has 4 rings (SSSR count).